The van der Waals surface area contributed by atoms with E-state index in [1.165, 1.54) is 7.11 Å². The number of anilines is 1. The van der Waals surface area contributed by atoms with Crippen LogP contribution in [0.2, 0.25) is 0 Å². The highest BCUT2D eigenvalue weighted by molar-refractivity contribution is 5.85. The monoisotopic (exact) mass is 272 g/mol. The van der Waals surface area contributed by atoms with Gasteiger partial charge in [-0.2, -0.15) is 0 Å². The maximum absolute atomic E-state index is 11.1. The largest absolute Gasteiger partial charge is 0.469 e. The lowest BCUT2D eigenvalue weighted by Crippen LogP contribution is -2.06. The van der Waals surface area contributed by atoms with E-state index in [0.29, 0.717) is 24.4 Å². The fourth-order valence-electron chi connectivity index (χ4n) is 2.12. The summed E-state index contributed by atoms with van der Waals surface area (Å²) in [5.74, 6) is 0.0254. The van der Waals surface area contributed by atoms with Gasteiger partial charge in [0.15, 0.2) is 0 Å². The van der Waals surface area contributed by atoms with Gasteiger partial charge in [-0.25, -0.2) is 0 Å². The van der Waals surface area contributed by atoms with Gasteiger partial charge in [-0.15, -0.1) is 12.4 Å². The summed E-state index contributed by atoms with van der Waals surface area (Å²) in [7, 11) is 1.39. The van der Waals surface area contributed by atoms with Gasteiger partial charge in [0, 0.05) is 24.6 Å². The number of benzene rings is 1. The predicted molar refractivity (Wildman–Crippen MR) is 72.1 cm³/mol. The number of halogens is 1. The molecule has 1 unspecified atom stereocenters. The van der Waals surface area contributed by atoms with E-state index in [1.54, 1.807) is 6.07 Å². The molecule has 1 aromatic carbocycles. The van der Waals surface area contributed by atoms with Crippen LogP contribution in [0.4, 0.5) is 5.69 Å². The normalized spacial score (nSPS) is 17.2. The van der Waals surface area contributed by atoms with Gasteiger partial charge in [0.1, 0.15) is 0 Å². The number of aliphatic hydroxyl groups is 1. The molecular weight excluding hydrogens is 254 g/mol. The third kappa shape index (κ3) is 3.15. The number of fused-ring (bicyclic) bond motifs is 1. The number of aliphatic hydroxyl groups excluding tert-OH is 1. The van der Waals surface area contributed by atoms with Crippen LogP contribution in [0, 0.1) is 0 Å². The first-order valence-corrected chi connectivity index (χ1v) is 5.70. The fraction of sp³-hybridized carbons (Fsp3) is 0.462. The number of rotatable bonds is 4. The van der Waals surface area contributed by atoms with Gasteiger partial charge in [-0.3, -0.25) is 4.79 Å². The molecule has 1 heterocycles. The van der Waals surface area contributed by atoms with Crippen LogP contribution in [0.3, 0.4) is 0 Å². The number of hydrogen-bond donors (Lipinski definition) is 2. The summed E-state index contributed by atoms with van der Waals surface area (Å²) in [5.41, 5.74) is 2.64. The molecule has 0 aliphatic carbocycles. The first kappa shape index (κ1) is 13.2. The second-order valence-electron chi connectivity index (χ2n) is 4.18. The Bertz CT molecular complexity index is 467. The van der Waals surface area contributed by atoms with E-state index < -0.39 is 0 Å². The Morgan fingerprint density at radius 3 is 3.17 bits per heavy atom. The Hall–Kier alpha value is -1.26. The minimum Gasteiger partial charge on any atom is -0.469 e. The summed E-state index contributed by atoms with van der Waals surface area (Å²) in [6.07, 6.45) is 1.10. The number of esters is 1. The predicted octanol–water partition coefficient (Wildman–Crippen LogP) is 2.06. The van der Waals surface area contributed by atoms with E-state index in [2.05, 4.69) is 10.1 Å². The maximum Gasteiger partial charge on any atom is 0.305 e. The number of nitrogens with one attached hydrogen (secondary N) is 1. The highest BCUT2D eigenvalue weighted by Gasteiger charge is 2.22. The Labute approximate surface area is 114 Å². The zero-order chi connectivity index (χ0) is 13.1. The summed E-state index contributed by atoms with van der Waals surface area (Å²) < 4.78 is 12.4. The van der Waals surface area contributed by atoms with E-state index in [0.717, 1.165) is 17.8 Å². The van der Waals surface area contributed by atoms with Gasteiger partial charge >= 0.3 is 5.97 Å². The zero-order valence-electron chi connectivity index (χ0n) is 11.2. The topological polar surface area (TPSA) is 58.6 Å². The SMILES string of the molecule is Cl.[2H]c1cc2c(cc1CO)NCC2CCC(=O)OC. The maximum atomic E-state index is 11.1. The van der Waals surface area contributed by atoms with Crippen molar-refractivity contribution in [3.63, 3.8) is 0 Å². The van der Waals surface area contributed by atoms with Crippen LogP contribution < -0.4 is 5.32 Å². The molecule has 5 heteroatoms. The highest BCUT2D eigenvalue weighted by Crippen LogP contribution is 2.34. The molecule has 0 saturated heterocycles. The van der Waals surface area contributed by atoms with Gasteiger partial charge in [0.05, 0.1) is 15.1 Å². The molecule has 0 bridgehead atoms. The number of ether oxygens (including phenoxy) is 1. The molecule has 100 valence electrons. The Kier molecular flexibility index (Phi) is 4.84. The summed E-state index contributed by atoms with van der Waals surface area (Å²) in [6.45, 7) is 0.640. The number of carbonyl (C=O) groups is 1. The van der Waals surface area contributed by atoms with E-state index in [-0.39, 0.29) is 30.9 Å². The van der Waals surface area contributed by atoms with Crippen LogP contribution >= 0.6 is 12.4 Å². The molecule has 0 fully saturated rings. The summed E-state index contributed by atoms with van der Waals surface area (Å²) in [4.78, 5) is 11.1. The lowest BCUT2D eigenvalue weighted by atomic mass is 9.95. The van der Waals surface area contributed by atoms with Gasteiger partial charge < -0.3 is 15.2 Å². The molecule has 2 N–H and O–H groups in total. The lowest BCUT2D eigenvalue weighted by Gasteiger charge is -2.09. The lowest BCUT2D eigenvalue weighted by molar-refractivity contribution is -0.140. The molecule has 1 aliphatic heterocycles. The van der Waals surface area contributed by atoms with Crippen molar-refractivity contribution in [2.75, 3.05) is 19.0 Å². The van der Waals surface area contributed by atoms with Crippen molar-refractivity contribution in [2.24, 2.45) is 0 Å². The van der Waals surface area contributed by atoms with E-state index >= 15 is 0 Å². The molecule has 0 amide bonds. The van der Waals surface area contributed by atoms with Crippen molar-refractivity contribution in [2.45, 2.75) is 25.4 Å². The van der Waals surface area contributed by atoms with Crippen molar-refractivity contribution >= 4 is 24.1 Å². The van der Waals surface area contributed by atoms with Crippen LogP contribution in [0.15, 0.2) is 18.2 Å². The minimum absolute atomic E-state index is 0. The molecule has 1 aromatic rings. The van der Waals surface area contributed by atoms with Gasteiger partial charge in [0.25, 0.3) is 0 Å². The molecule has 0 spiro atoms. The smallest absolute Gasteiger partial charge is 0.305 e. The van der Waals surface area contributed by atoms with Gasteiger partial charge in [-0.1, -0.05) is 12.1 Å². The first-order chi connectivity index (χ1) is 8.65. The van der Waals surface area contributed by atoms with E-state index in [1.807, 2.05) is 6.07 Å². The second-order valence-corrected chi connectivity index (χ2v) is 4.18. The molecule has 0 saturated carbocycles. The van der Waals surface area contributed by atoms with Crippen molar-refractivity contribution in [3.8, 4) is 0 Å². The molecule has 0 aromatic heterocycles. The van der Waals surface area contributed by atoms with Gasteiger partial charge in [0.2, 0.25) is 0 Å². The molecular formula is C13H18ClNO3. The summed E-state index contributed by atoms with van der Waals surface area (Å²) >= 11 is 0. The number of hydrogen-bond acceptors (Lipinski definition) is 4. The summed E-state index contributed by atoms with van der Waals surface area (Å²) in [5, 5.41) is 12.4. The van der Waals surface area contributed by atoms with Crippen molar-refractivity contribution < 1.29 is 16.0 Å². The molecule has 0 radical (unpaired) electrons. The quantitative estimate of drug-likeness (QED) is 0.824. The standard InChI is InChI=1S/C13H17NO3.ClH/c1-17-13(16)5-3-10-7-14-12-6-9(8-15)2-4-11(10)12;/h2,4,6,10,14-15H,3,5,7-8H2,1H3;1H/i2D;. The van der Waals surface area contributed by atoms with Crippen LogP contribution in [-0.2, 0) is 16.1 Å². The Balaban J connectivity index is 0.00000180. The van der Waals surface area contributed by atoms with Crippen molar-refractivity contribution in [3.05, 3.63) is 29.3 Å². The Morgan fingerprint density at radius 2 is 2.50 bits per heavy atom. The third-order valence-electron chi connectivity index (χ3n) is 3.12. The van der Waals surface area contributed by atoms with Crippen LogP contribution in [0.5, 0.6) is 0 Å². The van der Waals surface area contributed by atoms with Gasteiger partial charge in [-0.05, 0) is 23.6 Å². The average molecular weight is 273 g/mol. The second kappa shape index (κ2) is 6.61. The number of carbonyl (C=O) groups excluding carboxylic acids is 1. The minimum atomic E-state index is -0.207. The first-order valence-electron chi connectivity index (χ1n) is 6.20. The van der Waals surface area contributed by atoms with Crippen LogP contribution in [0.1, 0.15) is 31.3 Å². The summed E-state index contributed by atoms with van der Waals surface area (Å²) in [6, 6.07) is 3.95. The average Bonchev–Trinajstić information content (AvgIpc) is 2.77. The fourth-order valence-corrected chi connectivity index (χ4v) is 2.12. The zero-order valence-corrected chi connectivity index (χ0v) is 11.0. The van der Waals surface area contributed by atoms with E-state index in [4.69, 9.17) is 6.48 Å². The molecule has 2 rings (SSSR count). The van der Waals surface area contributed by atoms with Crippen LogP contribution in [0.25, 0.3) is 0 Å². The van der Waals surface area contributed by atoms with Crippen molar-refractivity contribution in [1.82, 2.24) is 0 Å². The van der Waals surface area contributed by atoms with Crippen molar-refractivity contribution in [1.29, 1.82) is 0 Å². The molecule has 18 heavy (non-hydrogen) atoms. The molecule has 1 aliphatic rings. The van der Waals surface area contributed by atoms with Crippen LogP contribution in [-0.4, -0.2) is 24.7 Å². The highest BCUT2D eigenvalue weighted by atomic mass is 35.5. The molecule has 4 nitrogen and oxygen atoms in total. The third-order valence-corrected chi connectivity index (χ3v) is 3.12. The number of methoxy groups -OCH3 is 1. The Morgan fingerprint density at radius 1 is 1.72 bits per heavy atom. The molecule has 1 atom stereocenters. The van der Waals surface area contributed by atoms with E-state index in [9.17, 15) is 4.79 Å².